The van der Waals surface area contributed by atoms with E-state index in [0.29, 0.717) is 33.7 Å². The Morgan fingerprint density at radius 2 is 1.67 bits per heavy atom. The quantitative estimate of drug-likeness (QED) is 0.294. The fraction of sp³-hybridized carbons (Fsp3) is 0.516. The third kappa shape index (κ3) is 7.09. The SMILES string of the molecule is Br.CCC[C@H]1CN(CC(=O)c2cc(C(C)(C)C)c(O)c([N+](C)(C)C)c2)C(=N)[C@@H]1c1ccc(C(=O)N(C)C)cc1. The number of amidine groups is 1. The lowest BCUT2D eigenvalue weighted by Crippen LogP contribution is -2.36. The van der Waals surface area contributed by atoms with E-state index in [0.717, 1.165) is 24.0 Å². The summed E-state index contributed by atoms with van der Waals surface area (Å²) in [5.41, 5.74) is 3.30. The molecule has 0 spiro atoms. The number of amides is 1. The van der Waals surface area contributed by atoms with Gasteiger partial charge in [-0.25, -0.2) is 0 Å². The molecule has 39 heavy (non-hydrogen) atoms. The molecule has 1 aliphatic rings. The first-order chi connectivity index (χ1) is 17.6. The largest absolute Gasteiger partial charge is 0.503 e. The van der Waals surface area contributed by atoms with Crippen LogP contribution in [0.4, 0.5) is 5.69 Å². The second-order valence-electron chi connectivity index (χ2n) is 12.7. The van der Waals surface area contributed by atoms with Crippen LogP contribution in [0.5, 0.6) is 5.75 Å². The molecule has 0 aromatic heterocycles. The van der Waals surface area contributed by atoms with Crippen LogP contribution in [0, 0.1) is 11.3 Å². The third-order valence-electron chi connectivity index (χ3n) is 7.42. The molecule has 2 atom stereocenters. The summed E-state index contributed by atoms with van der Waals surface area (Å²) in [5.74, 6) is 0.685. The van der Waals surface area contributed by atoms with E-state index in [1.807, 2.05) is 77.1 Å². The van der Waals surface area contributed by atoms with Gasteiger partial charge in [0.15, 0.2) is 17.2 Å². The number of likely N-dealkylation sites (tertiary alicyclic amines) is 1. The molecule has 0 unspecified atom stereocenters. The highest BCUT2D eigenvalue weighted by Gasteiger charge is 2.39. The molecular weight excluding hydrogens is 556 g/mol. The summed E-state index contributed by atoms with van der Waals surface area (Å²) in [7, 11) is 9.39. The van der Waals surface area contributed by atoms with E-state index in [1.165, 1.54) is 0 Å². The Bertz CT molecular complexity index is 1170. The normalized spacial score (nSPS) is 17.7. The summed E-state index contributed by atoms with van der Waals surface area (Å²) in [6.45, 7) is 9.01. The van der Waals surface area contributed by atoms with Gasteiger partial charge in [-0.15, -0.1) is 17.0 Å². The predicted molar refractivity (Wildman–Crippen MR) is 166 cm³/mol. The van der Waals surface area contributed by atoms with Crippen molar-refractivity contribution in [2.24, 2.45) is 5.92 Å². The van der Waals surface area contributed by atoms with Crippen LogP contribution in [-0.4, -0.2) is 80.8 Å². The number of phenolic OH excluding ortho intramolecular Hbond substituents is 1. The van der Waals surface area contributed by atoms with Crippen molar-refractivity contribution in [3.8, 4) is 5.75 Å². The summed E-state index contributed by atoms with van der Waals surface area (Å²) in [6.07, 6.45) is 1.95. The average Bonchev–Trinajstić information content (AvgIpc) is 3.11. The van der Waals surface area contributed by atoms with Crippen molar-refractivity contribution in [2.75, 3.05) is 48.3 Å². The zero-order valence-corrected chi connectivity index (χ0v) is 26.7. The first-order valence-corrected chi connectivity index (χ1v) is 13.4. The lowest BCUT2D eigenvalue weighted by molar-refractivity contribution is 0.0827. The highest BCUT2D eigenvalue weighted by molar-refractivity contribution is 8.93. The Balaban J connectivity index is 0.00000533. The number of ketones is 1. The fourth-order valence-corrected chi connectivity index (χ4v) is 5.33. The molecule has 8 heteroatoms. The summed E-state index contributed by atoms with van der Waals surface area (Å²) in [4.78, 5) is 29.4. The smallest absolute Gasteiger partial charge is 0.253 e. The number of Topliss-reactive ketones (excluding diaryl/α,β-unsaturated/α-hetero) is 1. The highest BCUT2D eigenvalue weighted by atomic mass is 79.9. The van der Waals surface area contributed by atoms with Crippen molar-refractivity contribution >= 4 is 40.2 Å². The number of carbonyl (C=O) groups is 2. The molecule has 0 saturated carbocycles. The number of nitrogens with zero attached hydrogens (tertiary/aromatic N) is 3. The second-order valence-corrected chi connectivity index (χ2v) is 12.7. The van der Waals surface area contributed by atoms with Gasteiger partial charge >= 0.3 is 0 Å². The van der Waals surface area contributed by atoms with Crippen LogP contribution in [0.2, 0.25) is 0 Å². The van der Waals surface area contributed by atoms with E-state index in [4.69, 9.17) is 5.41 Å². The predicted octanol–water partition coefficient (Wildman–Crippen LogP) is 5.84. The molecule has 2 aromatic rings. The fourth-order valence-electron chi connectivity index (χ4n) is 5.33. The summed E-state index contributed by atoms with van der Waals surface area (Å²) >= 11 is 0. The number of rotatable bonds is 8. The van der Waals surface area contributed by atoms with E-state index in [2.05, 4.69) is 6.92 Å². The molecule has 0 aliphatic carbocycles. The molecule has 1 amide bonds. The molecule has 0 radical (unpaired) electrons. The van der Waals surface area contributed by atoms with E-state index in [9.17, 15) is 14.7 Å². The highest BCUT2D eigenvalue weighted by Crippen LogP contribution is 2.41. The minimum Gasteiger partial charge on any atom is -0.503 e. The van der Waals surface area contributed by atoms with Gasteiger partial charge in [-0.1, -0.05) is 46.2 Å². The molecule has 2 N–H and O–H groups in total. The molecule has 7 nitrogen and oxygen atoms in total. The number of benzene rings is 2. The third-order valence-corrected chi connectivity index (χ3v) is 7.42. The maximum atomic E-state index is 13.6. The Morgan fingerprint density at radius 3 is 2.15 bits per heavy atom. The molecule has 0 bridgehead atoms. The number of phenols is 1. The van der Waals surface area contributed by atoms with Gasteiger partial charge in [-0.3, -0.25) is 19.5 Å². The van der Waals surface area contributed by atoms with Gasteiger partial charge in [0.25, 0.3) is 5.91 Å². The summed E-state index contributed by atoms with van der Waals surface area (Å²) in [5, 5.41) is 20.1. The molecule has 2 aromatic carbocycles. The van der Waals surface area contributed by atoms with Crippen molar-refractivity contribution in [2.45, 2.75) is 51.9 Å². The number of hydrogen-bond donors (Lipinski definition) is 2. The molecule has 3 rings (SSSR count). The van der Waals surface area contributed by atoms with Gasteiger partial charge < -0.3 is 14.9 Å². The van der Waals surface area contributed by atoms with Crippen LogP contribution in [0.3, 0.4) is 0 Å². The van der Waals surface area contributed by atoms with Crippen LogP contribution in [0.15, 0.2) is 36.4 Å². The molecule has 214 valence electrons. The maximum absolute atomic E-state index is 13.6. The van der Waals surface area contributed by atoms with Crippen molar-refractivity contribution < 1.29 is 14.7 Å². The van der Waals surface area contributed by atoms with E-state index >= 15 is 0 Å². The monoisotopic (exact) mass is 601 g/mol. The minimum atomic E-state index is -0.331. The lowest BCUT2D eigenvalue weighted by atomic mass is 9.84. The van der Waals surface area contributed by atoms with Crippen molar-refractivity contribution in [1.82, 2.24) is 14.3 Å². The van der Waals surface area contributed by atoms with Crippen molar-refractivity contribution in [3.63, 3.8) is 0 Å². The number of aromatic hydroxyl groups is 1. The van der Waals surface area contributed by atoms with Gasteiger partial charge in [0.2, 0.25) is 0 Å². The van der Waals surface area contributed by atoms with Crippen LogP contribution in [0.1, 0.15) is 78.3 Å². The zero-order chi connectivity index (χ0) is 28.6. The van der Waals surface area contributed by atoms with Gasteiger partial charge in [0.05, 0.1) is 27.7 Å². The standard InChI is InChI=1S/C31H44N4O3.BrH/c1-10-11-22-18-34(29(32)27(22)20-12-14-21(15-13-20)30(38)33(5)6)19-26(36)23-16-24(31(2,3)4)28(37)25(17-23)35(7,8)9;/h12-17,22,27,32H,10-11,18-19H2,1-9H3;1H/p+1/t22-,27+;/m0./s1. The van der Waals surface area contributed by atoms with E-state index in [-0.39, 0.29) is 58.2 Å². The topological polar surface area (TPSA) is 84.7 Å². The summed E-state index contributed by atoms with van der Waals surface area (Å²) < 4.78 is 0.391. The van der Waals surface area contributed by atoms with Crippen LogP contribution in [0.25, 0.3) is 0 Å². The van der Waals surface area contributed by atoms with Crippen molar-refractivity contribution in [1.29, 1.82) is 5.41 Å². The average molecular weight is 603 g/mol. The maximum Gasteiger partial charge on any atom is 0.253 e. The second kappa shape index (κ2) is 12.2. The minimum absolute atomic E-state index is 0. The Kier molecular flexibility index (Phi) is 10.2. The van der Waals surface area contributed by atoms with E-state index < -0.39 is 0 Å². The lowest BCUT2D eigenvalue weighted by Gasteiger charge is -2.29. The van der Waals surface area contributed by atoms with Gasteiger partial charge in [0, 0.05) is 49.3 Å². The van der Waals surface area contributed by atoms with Gasteiger partial charge in [-0.2, -0.15) is 0 Å². The zero-order valence-electron chi connectivity index (χ0n) is 25.0. The van der Waals surface area contributed by atoms with E-state index in [1.54, 1.807) is 25.1 Å². The van der Waals surface area contributed by atoms with Crippen LogP contribution < -0.4 is 4.48 Å². The van der Waals surface area contributed by atoms with Crippen LogP contribution in [-0.2, 0) is 5.41 Å². The molecule has 1 aliphatic heterocycles. The Labute approximate surface area is 244 Å². The molecular formula is C31H46BrN4O3+. The molecule has 1 saturated heterocycles. The number of hydrogen-bond acceptors (Lipinski definition) is 4. The Morgan fingerprint density at radius 1 is 1.08 bits per heavy atom. The van der Waals surface area contributed by atoms with Gasteiger partial charge in [-0.05, 0) is 41.5 Å². The molecule has 1 heterocycles. The summed E-state index contributed by atoms with van der Waals surface area (Å²) in [6, 6.07) is 11.2. The van der Waals surface area contributed by atoms with Gasteiger partial charge in [0.1, 0.15) is 5.84 Å². The number of quaternary nitrogens is 1. The van der Waals surface area contributed by atoms with Crippen LogP contribution >= 0.6 is 17.0 Å². The number of halogens is 1. The van der Waals surface area contributed by atoms with Crippen molar-refractivity contribution in [3.05, 3.63) is 58.7 Å². The first kappa shape index (κ1) is 32.5. The number of carbonyl (C=O) groups excluding carboxylic acids is 2. The Hall–Kier alpha value is -2.71. The number of nitrogens with one attached hydrogen (secondary N) is 1. The first-order valence-electron chi connectivity index (χ1n) is 13.4. The molecule has 1 fully saturated rings.